The average Bonchev–Trinajstić information content (AvgIpc) is 2.93. The normalized spacial score (nSPS) is 27.9. The number of phenolic OH excluding ortho intramolecular Hbond substituents is 1. The average molecular weight is 344 g/mol. The first kappa shape index (κ1) is 18.2. The molecule has 0 radical (unpaired) electrons. The van der Waals surface area contributed by atoms with E-state index in [1.165, 1.54) is 12.8 Å². The SMILES string of the molecule is CC(C)c1ccc(C(=O)N2CCC[C@H](N3[C@H](C)CC[C@@H]3C)C2)c(O)c1. The summed E-state index contributed by atoms with van der Waals surface area (Å²) in [7, 11) is 0. The van der Waals surface area contributed by atoms with Gasteiger partial charge in [-0.3, -0.25) is 9.69 Å². The van der Waals surface area contributed by atoms with E-state index in [1.807, 2.05) is 11.0 Å². The fraction of sp³-hybridized carbons (Fsp3) is 0.667. The van der Waals surface area contributed by atoms with Gasteiger partial charge in [-0.05, 0) is 63.1 Å². The summed E-state index contributed by atoms with van der Waals surface area (Å²) in [5.41, 5.74) is 1.50. The zero-order valence-electron chi connectivity index (χ0n) is 16.0. The van der Waals surface area contributed by atoms with Gasteiger partial charge in [0.15, 0.2) is 0 Å². The Bertz CT molecular complexity index is 618. The van der Waals surface area contributed by atoms with Gasteiger partial charge >= 0.3 is 0 Å². The first-order chi connectivity index (χ1) is 11.9. The molecule has 1 amide bonds. The molecule has 1 N–H and O–H groups in total. The van der Waals surface area contributed by atoms with Gasteiger partial charge in [-0.15, -0.1) is 0 Å². The lowest BCUT2D eigenvalue weighted by Gasteiger charge is -2.41. The maximum atomic E-state index is 13.0. The maximum absolute atomic E-state index is 13.0. The zero-order valence-corrected chi connectivity index (χ0v) is 16.0. The van der Waals surface area contributed by atoms with E-state index in [4.69, 9.17) is 0 Å². The standard InChI is InChI=1S/C21H32N2O2/c1-14(2)17-9-10-19(20(24)12-17)21(25)22-11-5-6-18(13-22)23-15(3)7-8-16(23)4/h9-10,12,14-16,18,24H,5-8,11,13H2,1-4H3/t15-,16+,18-/m0/s1. The monoisotopic (exact) mass is 344 g/mol. The molecule has 1 aromatic rings. The van der Waals surface area contributed by atoms with Crippen molar-refractivity contribution in [1.29, 1.82) is 0 Å². The van der Waals surface area contributed by atoms with E-state index in [0.717, 1.165) is 31.5 Å². The molecule has 0 unspecified atom stereocenters. The predicted octanol–water partition coefficient (Wildman–Crippen LogP) is 3.99. The Kier molecular flexibility index (Phi) is 5.38. The van der Waals surface area contributed by atoms with Crippen LogP contribution in [-0.2, 0) is 0 Å². The number of likely N-dealkylation sites (tertiary alicyclic amines) is 2. The van der Waals surface area contributed by atoms with E-state index in [9.17, 15) is 9.90 Å². The number of aromatic hydroxyl groups is 1. The number of rotatable bonds is 3. The molecule has 2 aliphatic rings. The van der Waals surface area contributed by atoms with Crippen LogP contribution in [0.3, 0.4) is 0 Å². The number of benzene rings is 1. The second-order valence-corrected chi connectivity index (χ2v) is 8.20. The molecular formula is C21H32N2O2. The van der Waals surface area contributed by atoms with Gasteiger partial charge in [0, 0.05) is 31.2 Å². The van der Waals surface area contributed by atoms with Crippen molar-refractivity contribution in [1.82, 2.24) is 9.80 Å². The summed E-state index contributed by atoms with van der Waals surface area (Å²) in [5.74, 6) is 0.422. The summed E-state index contributed by atoms with van der Waals surface area (Å²) in [4.78, 5) is 17.5. The Labute approximate surface area is 151 Å². The van der Waals surface area contributed by atoms with Crippen LogP contribution in [0.25, 0.3) is 0 Å². The molecule has 0 aliphatic carbocycles. The minimum absolute atomic E-state index is 0.0305. The highest BCUT2D eigenvalue weighted by atomic mass is 16.3. The second kappa shape index (κ2) is 7.36. The first-order valence-corrected chi connectivity index (χ1v) is 9.78. The van der Waals surface area contributed by atoms with Crippen molar-refractivity contribution >= 4 is 5.91 Å². The lowest BCUT2D eigenvalue weighted by molar-refractivity contribution is 0.0484. The van der Waals surface area contributed by atoms with Crippen LogP contribution in [0.4, 0.5) is 0 Å². The van der Waals surface area contributed by atoms with Crippen LogP contribution in [0.15, 0.2) is 18.2 Å². The lowest BCUT2D eigenvalue weighted by Crippen LogP contribution is -2.52. The Balaban J connectivity index is 1.74. The number of hydrogen-bond acceptors (Lipinski definition) is 3. The van der Waals surface area contributed by atoms with Gasteiger partial charge in [0.05, 0.1) is 5.56 Å². The summed E-state index contributed by atoms with van der Waals surface area (Å²) in [5, 5.41) is 10.3. The van der Waals surface area contributed by atoms with Crippen LogP contribution in [0.5, 0.6) is 5.75 Å². The van der Waals surface area contributed by atoms with E-state index < -0.39 is 0 Å². The molecule has 2 saturated heterocycles. The molecule has 2 fully saturated rings. The molecule has 4 nitrogen and oxygen atoms in total. The van der Waals surface area contributed by atoms with Crippen LogP contribution in [0.1, 0.15) is 75.2 Å². The van der Waals surface area contributed by atoms with Gasteiger partial charge in [0.1, 0.15) is 5.75 Å². The number of nitrogens with zero attached hydrogens (tertiary/aromatic N) is 2. The van der Waals surface area contributed by atoms with Crippen LogP contribution >= 0.6 is 0 Å². The Morgan fingerprint density at radius 2 is 1.84 bits per heavy atom. The number of amides is 1. The van der Waals surface area contributed by atoms with Gasteiger partial charge in [0.2, 0.25) is 0 Å². The minimum Gasteiger partial charge on any atom is -0.507 e. The van der Waals surface area contributed by atoms with Crippen molar-refractivity contribution in [3.63, 3.8) is 0 Å². The van der Waals surface area contributed by atoms with Crippen LogP contribution in [0.2, 0.25) is 0 Å². The molecule has 0 saturated carbocycles. The van der Waals surface area contributed by atoms with Crippen molar-refractivity contribution in [3.05, 3.63) is 29.3 Å². The third-order valence-electron chi connectivity index (χ3n) is 6.04. The third kappa shape index (κ3) is 3.69. The Hall–Kier alpha value is -1.55. The highest BCUT2D eigenvalue weighted by Gasteiger charge is 2.36. The van der Waals surface area contributed by atoms with E-state index >= 15 is 0 Å². The molecule has 1 aromatic carbocycles. The van der Waals surface area contributed by atoms with Crippen LogP contribution in [-0.4, -0.2) is 52.0 Å². The van der Waals surface area contributed by atoms with Crippen molar-refractivity contribution < 1.29 is 9.90 Å². The van der Waals surface area contributed by atoms with Gasteiger partial charge in [-0.25, -0.2) is 0 Å². The number of hydrogen-bond donors (Lipinski definition) is 1. The smallest absolute Gasteiger partial charge is 0.257 e. The summed E-state index contributed by atoms with van der Waals surface area (Å²) in [6.45, 7) is 10.4. The quantitative estimate of drug-likeness (QED) is 0.901. The Morgan fingerprint density at radius 1 is 1.16 bits per heavy atom. The first-order valence-electron chi connectivity index (χ1n) is 9.78. The maximum Gasteiger partial charge on any atom is 0.257 e. The molecule has 3 rings (SSSR count). The number of piperidine rings is 1. The summed E-state index contributed by atoms with van der Waals surface area (Å²) < 4.78 is 0. The largest absolute Gasteiger partial charge is 0.507 e. The zero-order chi connectivity index (χ0) is 18.1. The number of carbonyl (C=O) groups excluding carboxylic acids is 1. The van der Waals surface area contributed by atoms with Crippen molar-refractivity contribution in [2.45, 2.75) is 77.4 Å². The topological polar surface area (TPSA) is 43.8 Å². The molecular weight excluding hydrogens is 312 g/mol. The second-order valence-electron chi connectivity index (χ2n) is 8.20. The fourth-order valence-corrected chi connectivity index (χ4v) is 4.58. The number of phenols is 1. The summed E-state index contributed by atoms with van der Waals surface area (Å²) in [6.07, 6.45) is 4.71. The van der Waals surface area contributed by atoms with Gasteiger partial charge in [0.25, 0.3) is 5.91 Å². The van der Waals surface area contributed by atoms with E-state index in [-0.39, 0.29) is 11.7 Å². The molecule has 0 bridgehead atoms. The third-order valence-corrected chi connectivity index (χ3v) is 6.04. The molecule has 25 heavy (non-hydrogen) atoms. The van der Waals surface area contributed by atoms with Gasteiger partial charge in [-0.2, -0.15) is 0 Å². The van der Waals surface area contributed by atoms with Crippen LogP contribution < -0.4 is 0 Å². The Morgan fingerprint density at radius 3 is 2.44 bits per heavy atom. The molecule has 2 aliphatic heterocycles. The predicted molar refractivity (Wildman–Crippen MR) is 101 cm³/mol. The van der Waals surface area contributed by atoms with E-state index in [2.05, 4.69) is 32.6 Å². The number of carbonyl (C=O) groups is 1. The molecule has 2 heterocycles. The molecule has 0 spiro atoms. The molecule has 3 atom stereocenters. The summed E-state index contributed by atoms with van der Waals surface area (Å²) >= 11 is 0. The molecule has 0 aromatic heterocycles. The minimum atomic E-state index is -0.0305. The van der Waals surface area contributed by atoms with Crippen molar-refractivity contribution in [2.75, 3.05) is 13.1 Å². The van der Waals surface area contributed by atoms with Crippen molar-refractivity contribution in [3.8, 4) is 5.75 Å². The lowest BCUT2D eigenvalue weighted by atomic mass is 9.98. The van der Waals surface area contributed by atoms with Gasteiger partial charge < -0.3 is 10.0 Å². The highest BCUT2D eigenvalue weighted by molar-refractivity contribution is 5.97. The van der Waals surface area contributed by atoms with E-state index in [0.29, 0.717) is 29.6 Å². The van der Waals surface area contributed by atoms with E-state index in [1.54, 1.807) is 12.1 Å². The fourth-order valence-electron chi connectivity index (χ4n) is 4.58. The molecule has 138 valence electrons. The molecule has 4 heteroatoms. The van der Waals surface area contributed by atoms with Gasteiger partial charge in [-0.1, -0.05) is 19.9 Å². The van der Waals surface area contributed by atoms with Crippen molar-refractivity contribution in [2.24, 2.45) is 0 Å². The van der Waals surface area contributed by atoms with Crippen LogP contribution in [0, 0.1) is 0 Å². The summed E-state index contributed by atoms with van der Waals surface area (Å²) in [6, 6.07) is 7.15. The highest BCUT2D eigenvalue weighted by Crippen LogP contribution is 2.31.